The second-order valence-corrected chi connectivity index (χ2v) is 4.02. The Kier molecular flexibility index (Phi) is 4.12. The molecule has 1 amide bonds. The van der Waals surface area contributed by atoms with E-state index in [0.717, 1.165) is 6.42 Å². The van der Waals surface area contributed by atoms with Gasteiger partial charge in [0, 0.05) is 19.3 Å². The molecule has 0 aliphatic rings. The second-order valence-electron chi connectivity index (χ2n) is 4.02. The molecule has 1 heterocycles. The van der Waals surface area contributed by atoms with Crippen LogP contribution in [0.1, 0.15) is 23.0 Å². The van der Waals surface area contributed by atoms with Crippen molar-refractivity contribution >= 4 is 5.91 Å². The van der Waals surface area contributed by atoms with E-state index in [0.29, 0.717) is 18.8 Å². The predicted molar refractivity (Wildman–Crippen MR) is 70.4 cm³/mol. The number of hydrogen-bond acceptors (Lipinski definition) is 2. The van der Waals surface area contributed by atoms with Crippen molar-refractivity contribution in [2.45, 2.75) is 19.9 Å². The maximum atomic E-state index is 11.9. The van der Waals surface area contributed by atoms with Crippen LogP contribution >= 0.6 is 0 Å². The molecule has 2 rings (SSSR count). The van der Waals surface area contributed by atoms with Crippen LogP contribution in [0, 0.1) is 0 Å². The van der Waals surface area contributed by atoms with Gasteiger partial charge in [-0.15, -0.1) is 0 Å². The van der Waals surface area contributed by atoms with Gasteiger partial charge in [0.2, 0.25) is 0 Å². The minimum Gasteiger partial charge on any atom is -0.350 e. The highest BCUT2D eigenvalue weighted by atomic mass is 16.2. The molecule has 0 bridgehead atoms. The first kappa shape index (κ1) is 12.4. The zero-order chi connectivity index (χ0) is 12.8. The van der Waals surface area contributed by atoms with Crippen LogP contribution in [0.5, 0.6) is 0 Å². The summed E-state index contributed by atoms with van der Waals surface area (Å²) in [5, 5.41) is 6.99. The van der Waals surface area contributed by atoms with Crippen LogP contribution in [-0.4, -0.2) is 22.2 Å². The quantitative estimate of drug-likeness (QED) is 0.871. The van der Waals surface area contributed by atoms with Gasteiger partial charge in [-0.05, 0) is 25.0 Å². The largest absolute Gasteiger partial charge is 0.350 e. The van der Waals surface area contributed by atoms with E-state index in [-0.39, 0.29) is 5.91 Å². The van der Waals surface area contributed by atoms with E-state index in [1.165, 1.54) is 5.56 Å². The van der Waals surface area contributed by atoms with Crippen molar-refractivity contribution in [2.24, 2.45) is 0 Å². The number of amides is 1. The average molecular weight is 243 g/mol. The first-order valence-electron chi connectivity index (χ1n) is 6.15. The number of rotatable bonds is 5. The lowest BCUT2D eigenvalue weighted by molar-refractivity contribution is 0.0943. The van der Waals surface area contributed by atoms with Gasteiger partial charge >= 0.3 is 0 Å². The molecular formula is C14H17N3O. The molecule has 18 heavy (non-hydrogen) atoms. The zero-order valence-electron chi connectivity index (χ0n) is 10.5. The predicted octanol–water partition coefficient (Wildman–Crippen LogP) is 1.88. The number of carbonyl (C=O) groups excluding carboxylic acids is 1. The molecule has 0 saturated carbocycles. The van der Waals surface area contributed by atoms with E-state index in [9.17, 15) is 4.79 Å². The molecule has 4 heteroatoms. The van der Waals surface area contributed by atoms with E-state index in [4.69, 9.17) is 0 Å². The van der Waals surface area contributed by atoms with E-state index in [1.54, 1.807) is 16.9 Å². The van der Waals surface area contributed by atoms with Gasteiger partial charge in [0.1, 0.15) is 5.69 Å². The van der Waals surface area contributed by atoms with E-state index < -0.39 is 0 Å². The fourth-order valence-corrected chi connectivity index (χ4v) is 1.83. The van der Waals surface area contributed by atoms with Gasteiger partial charge in [0.15, 0.2) is 0 Å². The van der Waals surface area contributed by atoms with Crippen molar-refractivity contribution in [3.8, 4) is 0 Å². The van der Waals surface area contributed by atoms with Gasteiger partial charge in [-0.2, -0.15) is 5.10 Å². The van der Waals surface area contributed by atoms with E-state index in [2.05, 4.69) is 22.5 Å². The molecule has 1 aromatic heterocycles. The Morgan fingerprint density at radius 1 is 1.28 bits per heavy atom. The van der Waals surface area contributed by atoms with Gasteiger partial charge in [0.25, 0.3) is 5.91 Å². The topological polar surface area (TPSA) is 46.9 Å². The van der Waals surface area contributed by atoms with Gasteiger partial charge < -0.3 is 5.32 Å². The summed E-state index contributed by atoms with van der Waals surface area (Å²) >= 11 is 0. The van der Waals surface area contributed by atoms with Crippen LogP contribution in [0.25, 0.3) is 0 Å². The standard InChI is InChI=1S/C14H17N3O/c1-2-17-13(9-11-16-17)14(18)15-10-8-12-6-4-3-5-7-12/h3-7,9,11H,2,8,10H2,1H3,(H,15,18). The number of aromatic nitrogens is 2. The van der Waals surface area contributed by atoms with E-state index in [1.807, 2.05) is 25.1 Å². The fraction of sp³-hybridized carbons (Fsp3) is 0.286. The summed E-state index contributed by atoms with van der Waals surface area (Å²) in [5.74, 6) is -0.0646. The van der Waals surface area contributed by atoms with Crippen molar-refractivity contribution in [1.82, 2.24) is 15.1 Å². The average Bonchev–Trinajstić information content (AvgIpc) is 2.88. The second kappa shape index (κ2) is 6.00. The maximum absolute atomic E-state index is 11.9. The van der Waals surface area contributed by atoms with Crippen molar-refractivity contribution < 1.29 is 4.79 Å². The highest BCUT2D eigenvalue weighted by molar-refractivity contribution is 5.92. The Balaban J connectivity index is 1.86. The minimum absolute atomic E-state index is 0.0646. The van der Waals surface area contributed by atoms with Crippen LogP contribution in [0.3, 0.4) is 0 Å². The first-order chi connectivity index (χ1) is 8.81. The lowest BCUT2D eigenvalue weighted by atomic mass is 10.1. The summed E-state index contributed by atoms with van der Waals surface area (Å²) in [6, 6.07) is 11.8. The summed E-state index contributed by atoms with van der Waals surface area (Å²) in [5.41, 5.74) is 1.84. The molecule has 0 unspecified atom stereocenters. The summed E-state index contributed by atoms with van der Waals surface area (Å²) < 4.78 is 1.69. The minimum atomic E-state index is -0.0646. The Hall–Kier alpha value is -2.10. The third-order valence-corrected chi connectivity index (χ3v) is 2.79. The summed E-state index contributed by atoms with van der Waals surface area (Å²) in [6.07, 6.45) is 2.49. The van der Waals surface area contributed by atoms with Crippen LogP contribution in [0.4, 0.5) is 0 Å². The van der Waals surface area contributed by atoms with Gasteiger partial charge in [-0.25, -0.2) is 0 Å². The van der Waals surface area contributed by atoms with Crippen molar-refractivity contribution in [1.29, 1.82) is 0 Å². The molecule has 1 N–H and O–H groups in total. The van der Waals surface area contributed by atoms with Gasteiger partial charge in [0.05, 0.1) is 0 Å². The highest BCUT2D eigenvalue weighted by Gasteiger charge is 2.09. The molecule has 2 aromatic rings. The van der Waals surface area contributed by atoms with E-state index >= 15 is 0 Å². The number of hydrogen-bond donors (Lipinski definition) is 1. The van der Waals surface area contributed by atoms with Crippen LogP contribution in [0.2, 0.25) is 0 Å². The van der Waals surface area contributed by atoms with Crippen molar-refractivity contribution in [2.75, 3.05) is 6.54 Å². The maximum Gasteiger partial charge on any atom is 0.269 e. The summed E-state index contributed by atoms with van der Waals surface area (Å²) in [7, 11) is 0. The molecule has 1 aromatic carbocycles. The molecule has 0 aliphatic carbocycles. The number of carbonyl (C=O) groups is 1. The number of nitrogens with zero attached hydrogens (tertiary/aromatic N) is 2. The number of nitrogens with one attached hydrogen (secondary N) is 1. The van der Waals surface area contributed by atoms with Crippen molar-refractivity contribution in [3.63, 3.8) is 0 Å². The molecule has 0 aliphatic heterocycles. The normalized spacial score (nSPS) is 10.3. The van der Waals surface area contributed by atoms with Crippen molar-refractivity contribution in [3.05, 3.63) is 53.9 Å². The lowest BCUT2D eigenvalue weighted by Crippen LogP contribution is -2.28. The monoisotopic (exact) mass is 243 g/mol. The molecule has 0 radical (unpaired) electrons. The molecular weight excluding hydrogens is 226 g/mol. The molecule has 0 fully saturated rings. The Morgan fingerprint density at radius 2 is 2.06 bits per heavy atom. The molecule has 4 nitrogen and oxygen atoms in total. The van der Waals surface area contributed by atoms with Crippen LogP contribution in [-0.2, 0) is 13.0 Å². The number of aryl methyl sites for hydroxylation is 1. The number of benzene rings is 1. The van der Waals surface area contributed by atoms with Gasteiger partial charge in [-0.3, -0.25) is 9.48 Å². The summed E-state index contributed by atoms with van der Waals surface area (Å²) in [4.78, 5) is 11.9. The third kappa shape index (κ3) is 2.97. The van der Waals surface area contributed by atoms with Crippen LogP contribution < -0.4 is 5.32 Å². The highest BCUT2D eigenvalue weighted by Crippen LogP contribution is 2.00. The Morgan fingerprint density at radius 3 is 2.78 bits per heavy atom. The van der Waals surface area contributed by atoms with Crippen LogP contribution in [0.15, 0.2) is 42.6 Å². The lowest BCUT2D eigenvalue weighted by Gasteiger charge is -2.06. The molecule has 94 valence electrons. The Labute approximate surface area is 107 Å². The zero-order valence-corrected chi connectivity index (χ0v) is 10.5. The molecule has 0 spiro atoms. The smallest absolute Gasteiger partial charge is 0.269 e. The molecule has 0 atom stereocenters. The third-order valence-electron chi connectivity index (χ3n) is 2.79. The Bertz CT molecular complexity index is 505. The molecule has 0 saturated heterocycles. The SMILES string of the molecule is CCn1nccc1C(=O)NCCc1ccccc1. The first-order valence-corrected chi connectivity index (χ1v) is 6.15. The summed E-state index contributed by atoms with van der Waals surface area (Å²) in [6.45, 7) is 3.31. The van der Waals surface area contributed by atoms with Gasteiger partial charge in [-0.1, -0.05) is 30.3 Å². The fourth-order valence-electron chi connectivity index (χ4n) is 1.83.